The summed E-state index contributed by atoms with van der Waals surface area (Å²) in [5.41, 5.74) is 0.497. The van der Waals surface area contributed by atoms with Crippen LogP contribution in [0.15, 0.2) is 12.4 Å². The highest BCUT2D eigenvalue weighted by Crippen LogP contribution is 2.21. The van der Waals surface area contributed by atoms with E-state index in [0.29, 0.717) is 18.8 Å². The normalized spacial score (nSPS) is 21.5. The molecule has 7 nitrogen and oxygen atoms in total. The Morgan fingerprint density at radius 2 is 2.26 bits per heavy atom. The molecule has 0 spiro atoms. The van der Waals surface area contributed by atoms with Crippen molar-refractivity contribution in [2.45, 2.75) is 25.3 Å². The minimum absolute atomic E-state index is 0.0212. The van der Waals surface area contributed by atoms with Gasteiger partial charge in [0, 0.05) is 32.4 Å². The first-order valence-electron chi connectivity index (χ1n) is 6.46. The molecule has 2 N–H and O–H groups in total. The van der Waals surface area contributed by atoms with Crippen molar-refractivity contribution in [1.82, 2.24) is 19.4 Å². The van der Waals surface area contributed by atoms with Crippen molar-refractivity contribution < 1.29 is 8.42 Å². The number of nitrogens with one attached hydrogen (secondary N) is 2. The maximum absolute atomic E-state index is 12.4. The molecule has 1 saturated heterocycles. The number of aromatic nitrogens is 2. The highest BCUT2D eigenvalue weighted by atomic mass is 32.2. The van der Waals surface area contributed by atoms with Crippen LogP contribution < -0.4 is 10.0 Å². The van der Waals surface area contributed by atoms with Crippen molar-refractivity contribution in [3.63, 3.8) is 0 Å². The van der Waals surface area contributed by atoms with Crippen LogP contribution in [0.25, 0.3) is 0 Å². The monoisotopic (exact) mass is 287 g/mol. The van der Waals surface area contributed by atoms with E-state index < -0.39 is 10.2 Å². The van der Waals surface area contributed by atoms with Gasteiger partial charge in [-0.3, -0.25) is 9.40 Å². The molecule has 0 bridgehead atoms. The van der Waals surface area contributed by atoms with Gasteiger partial charge in [0.2, 0.25) is 0 Å². The van der Waals surface area contributed by atoms with Gasteiger partial charge in [-0.05, 0) is 19.9 Å². The summed E-state index contributed by atoms with van der Waals surface area (Å²) < 4.78 is 30.5. The van der Waals surface area contributed by atoms with Crippen LogP contribution >= 0.6 is 0 Å². The van der Waals surface area contributed by atoms with Gasteiger partial charge in [0.25, 0.3) is 0 Å². The van der Waals surface area contributed by atoms with E-state index in [1.165, 1.54) is 6.20 Å². The van der Waals surface area contributed by atoms with E-state index in [2.05, 4.69) is 15.1 Å². The quantitative estimate of drug-likeness (QED) is 0.808. The average molecular weight is 287 g/mol. The molecule has 0 saturated carbocycles. The molecular weight excluding hydrogens is 266 g/mol. The number of rotatable bonds is 5. The van der Waals surface area contributed by atoms with Crippen LogP contribution in [-0.4, -0.2) is 48.7 Å². The number of aryl methyl sites for hydroxylation is 1. The Morgan fingerprint density at radius 3 is 2.89 bits per heavy atom. The lowest BCUT2D eigenvalue weighted by atomic mass is 10.1. The van der Waals surface area contributed by atoms with E-state index in [0.717, 1.165) is 19.3 Å². The molecule has 1 aromatic heterocycles. The molecule has 2 heterocycles. The van der Waals surface area contributed by atoms with Gasteiger partial charge in [-0.25, -0.2) is 0 Å². The summed E-state index contributed by atoms with van der Waals surface area (Å²) in [6.45, 7) is 1.25. The Bertz CT molecular complexity index is 511. The molecule has 1 fully saturated rings. The summed E-state index contributed by atoms with van der Waals surface area (Å²) in [6.07, 6.45) is 6.04. The van der Waals surface area contributed by atoms with Crippen molar-refractivity contribution in [3.05, 3.63) is 12.4 Å². The number of likely N-dealkylation sites (N-methyl/N-ethyl adjacent to an activating group) is 1. The molecule has 1 aromatic rings. The average Bonchev–Trinajstić information content (AvgIpc) is 2.75. The van der Waals surface area contributed by atoms with Crippen LogP contribution in [0.4, 0.5) is 5.69 Å². The fourth-order valence-corrected chi connectivity index (χ4v) is 3.87. The number of piperidine rings is 1. The van der Waals surface area contributed by atoms with Gasteiger partial charge in [0.05, 0.1) is 11.9 Å². The predicted octanol–water partition coefficient (Wildman–Crippen LogP) is 0.151. The van der Waals surface area contributed by atoms with Crippen molar-refractivity contribution in [2.24, 2.45) is 7.05 Å². The lowest BCUT2D eigenvalue weighted by molar-refractivity contribution is 0.250. The van der Waals surface area contributed by atoms with Crippen LogP contribution in [0.1, 0.15) is 19.3 Å². The summed E-state index contributed by atoms with van der Waals surface area (Å²) in [7, 11) is 0.0893. The van der Waals surface area contributed by atoms with Gasteiger partial charge in [-0.1, -0.05) is 6.42 Å². The predicted molar refractivity (Wildman–Crippen MR) is 74.0 cm³/mol. The highest BCUT2D eigenvalue weighted by molar-refractivity contribution is 7.90. The van der Waals surface area contributed by atoms with E-state index in [9.17, 15) is 8.42 Å². The number of hydrogen-bond acceptors (Lipinski definition) is 4. The number of nitrogens with zero attached hydrogens (tertiary/aromatic N) is 3. The standard InChI is InChI=1S/C11H21N5O2S/c1-12-8-11-5-3-4-6-16(11)19(17,18)14-10-7-13-15(2)9-10/h7,9,11-12,14H,3-6,8H2,1-2H3. The Balaban J connectivity index is 2.12. The highest BCUT2D eigenvalue weighted by Gasteiger charge is 2.31. The minimum atomic E-state index is -3.50. The molecule has 1 atom stereocenters. The second-order valence-corrected chi connectivity index (χ2v) is 6.45. The van der Waals surface area contributed by atoms with E-state index >= 15 is 0 Å². The first-order chi connectivity index (χ1) is 9.03. The molecule has 108 valence electrons. The maximum Gasteiger partial charge on any atom is 0.302 e. The van der Waals surface area contributed by atoms with Crippen molar-refractivity contribution in [2.75, 3.05) is 24.9 Å². The molecule has 1 unspecified atom stereocenters. The zero-order valence-corrected chi connectivity index (χ0v) is 12.2. The Hall–Kier alpha value is -1.12. The zero-order valence-electron chi connectivity index (χ0n) is 11.3. The first-order valence-corrected chi connectivity index (χ1v) is 7.90. The first kappa shape index (κ1) is 14.3. The van der Waals surface area contributed by atoms with E-state index in [1.807, 2.05) is 7.05 Å². The van der Waals surface area contributed by atoms with Crippen molar-refractivity contribution in [3.8, 4) is 0 Å². The Kier molecular flexibility index (Phi) is 4.43. The second-order valence-electron chi connectivity index (χ2n) is 4.83. The van der Waals surface area contributed by atoms with Gasteiger partial charge in [-0.2, -0.15) is 17.8 Å². The van der Waals surface area contributed by atoms with Gasteiger partial charge < -0.3 is 5.32 Å². The third-order valence-electron chi connectivity index (χ3n) is 3.27. The molecular formula is C11H21N5O2S. The molecule has 2 rings (SSSR count). The van der Waals surface area contributed by atoms with Crippen LogP contribution in [-0.2, 0) is 17.3 Å². The van der Waals surface area contributed by atoms with E-state index in [1.54, 1.807) is 22.2 Å². The third kappa shape index (κ3) is 3.46. The second kappa shape index (κ2) is 5.89. The largest absolute Gasteiger partial charge is 0.318 e. The maximum atomic E-state index is 12.4. The SMILES string of the molecule is CNCC1CCCCN1S(=O)(=O)Nc1cnn(C)c1. The molecule has 1 aliphatic rings. The van der Waals surface area contributed by atoms with Crippen LogP contribution in [0, 0.1) is 0 Å². The summed E-state index contributed by atoms with van der Waals surface area (Å²) in [6, 6.07) is 0.0212. The molecule has 8 heteroatoms. The fourth-order valence-electron chi connectivity index (χ4n) is 2.41. The third-order valence-corrected chi connectivity index (χ3v) is 4.87. The van der Waals surface area contributed by atoms with Crippen molar-refractivity contribution in [1.29, 1.82) is 0 Å². The number of anilines is 1. The smallest absolute Gasteiger partial charge is 0.302 e. The van der Waals surface area contributed by atoms with E-state index in [-0.39, 0.29) is 6.04 Å². The van der Waals surface area contributed by atoms with Crippen LogP contribution in [0.3, 0.4) is 0 Å². The van der Waals surface area contributed by atoms with Gasteiger partial charge >= 0.3 is 10.2 Å². The Morgan fingerprint density at radius 1 is 1.47 bits per heavy atom. The van der Waals surface area contributed by atoms with E-state index in [4.69, 9.17) is 0 Å². The molecule has 0 radical (unpaired) electrons. The van der Waals surface area contributed by atoms with Gasteiger partial charge in [0.15, 0.2) is 0 Å². The summed E-state index contributed by atoms with van der Waals surface area (Å²) in [4.78, 5) is 0. The van der Waals surface area contributed by atoms with Crippen LogP contribution in [0.2, 0.25) is 0 Å². The lowest BCUT2D eigenvalue weighted by Gasteiger charge is -2.34. The number of hydrogen-bond donors (Lipinski definition) is 2. The van der Waals surface area contributed by atoms with Gasteiger partial charge in [-0.15, -0.1) is 0 Å². The van der Waals surface area contributed by atoms with Crippen molar-refractivity contribution >= 4 is 15.9 Å². The molecule has 0 amide bonds. The fraction of sp³-hybridized carbons (Fsp3) is 0.727. The zero-order chi connectivity index (χ0) is 13.9. The lowest BCUT2D eigenvalue weighted by Crippen LogP contribution is -2.49. The summed E-state index contributed by atoms with van der Waals surface area (Å²) >= 11 is 0. The minimum Gasteiger partial charge on any atom is -0.318 e. The summed E-state index contributed by atoms with van der Waals surface area (Å²) in [5, 5.41) is 7.02. The van der Waals surface area contributed by atoms with Crippen LogP contribution in [0.5, 0.6) is 0 Å². The topological polar surface area (TPSA) is 79.3 Å². The summed E-state index contributed by atoms with van der Waals surface area (Å²) in [5.74, 6) is 0. The van der Waals surface area contributed by atoms with Gasteiger partial charge in [0.1, 0.15) is 0 Å². The molecule has 1 aliphatic heterocycles. The molecule has 0 aliphatic carbocycles. The molecule has 0 aromatic carbocycles. The Labute approximate surface area is 114 Å². The molecule has 19 heavy (non-hydrogen) atoms.